The van der Waals surface area contributed by atoms with Crippen molar-refractivity contribution in [2.24, 2.45) is 0 Å². The van der Waals surface area contributed by atoms with Gasteiger partial charge in [0.2, 0.25) is 5.91 Å². The van der Waals surface area contributed by atoms with Crippen LogP contribution >= 0.6 is 23.2 Å². The SMILES string of the molecule is CC(=O)NC1CCCN(c2c(Cl)cc([N+](=O)[O-])cc2Cl)C1. The molecule has 8 heteroatoms. The molecule has 1 saturated heterocycles. The number of anilines is 1. The van der Waals surface area contributed by atoms with Gasteiger partial charge in [0.15, 0.2) is 0 Å². The second-order valence-electron chi connectivity index (χ2n) is 5.00. The summed E-state index contributed by atoms with van der Waals surface area (Å²) < 4.78 is 0. The van der Waals surface area contributed by atoms with Crippen LogP contribution in [0.2, 0.25) is 10.0 Å². The van der Waals surface area contributed by atoms with Gasteiger partial charge in [-0.3, -0.25) is 14.9 Å². The third kappa shape index (κ3) is 3.77. The summed E-state index contributed by atoms with van der Waals surface area (Å²) in [4.78, 5) is 23.4. The van der Waals surface area contributed by atoms with Crippen LogP contribution in [0, 0.1) is 10.1 Å². The van der Waals surface area contributed by atoms with Gasteiger partial charge in [0.25, 0.3) is 5.69 Å². The molecule has 1 aliphatic heterocycles. The fourth-order valence-electron chi connectivity index (χ4n) is 2.55. The van der Waals surface area contributed by atoms with Crippen LogP contribution in [0.5, 0.6) is 0 Å². The third-order valence-electron chi connectivity index (χ3n) is 3.36. The van der Waals surface area contributed by atoms with E-state index in [9.17, 15) is 14.9 Å². The van der Waals surface area contributed by atoms with Crippen molar-refractivity contribution in [3.05, 3.63) is 32.3 Å². The zero-order chi connectivity index (χ0) is 15.6. The minimum atomic E-state index is -0.530. The van der Waals surface area contributed by atoms with Gasteiger partial charge >= 0.3 is 0 Å². The van der Waals surface area contributed by atoms with E-state index < -0.39 is 4.92 Å². The molecule has 0 aromatic heterocycles. The number of carbonyl (C=O) groups is 1. The lowest BCUT2D eigenvalue weighted by Crippen LogP contribution is -2.47. The number of halogens is 2. The van der Waals surface area contributed by atoms with Crippen LogP contribution in [0.4, 0.5) is 11.4 Å². The maximum Gasteiger partial charge on any atom is 0.272 e. The van der Waals surface area contributed by atoms with Crippen molar-refractivity contribution < 1.29 is 9.72 Å². The normalized spacial score (nSPS) is 18.4. The van der Waals surface area contributed by atoms with Gasteiger partial charge in [-0.25, -0.2) is 0 Å². The number of hydrogen-bond donors (Lipinski definition) is 1. The molecule has 0 bridgehead atoms. The molecule has 0 radical (unpaired) electrons. The molecule has 0 spiro atoms. The topological polar surface area (TPSA) is 75.5 Å². The Balaban J connectivity index is 2.25. The first-order valence-electron chi connectivity index (χ1n) is 6.54. The van der Waals surface area contributed by atoms with Crippen molar-refractivity contribution in [3.8, 4) is 0 Å². The molecular formula is C13H15Cl2N3O3. The van der Waals surface area contributed by atoms with Gasteiger partial charge in [-0.2, -0.15) is 0 Å². The monoisotopic (exact) mass is 331 g/mol. The van der Waals surface area contributed by atoms with Gasteiger partial charge in [0.05, 0.1) is 20.7 Å². The third-order valence-corrected chi connectivity index (χ3v) is 3.93. The molecule has 114 valence electrons. The molecule has 6 nitrogen and oxygen atoms in total. The summed E-state index contributed by atoms with van der Waals surface area (Å²) in [5.74, 6) is -0.0808. The van der Waals surface area contributed by atoms with Crippen molar-refractivity contribution in [3.63, 3.8) is 0 Å². The standard InChI is InChI=1S/C13H15Cl2N3O3/c1-8(19)16-9-3-2-4-17(7-9)13-11(14)5-10(18(20)21)6-12(13)15/h5-6,9H,2-4,7H2,1H3,(H,16,19). The maximum absolute atomic E-state index is 11.2. The van der Waals surface area contributed by atoms with E-state index in [-0.39, 0.29) is 27.7 Å². The molecule has 1 atom stereocenters. The van der Waals surface area contributed by atoms with Crippen LogP contribution in [0.1, 0.15) is 19.8 Å². The van der Waals surface area contributed by atoms with Crippen molar-refractivity contribution in [1.82, 2.24) is 5.32 Å². The highest BCUT2D eigenvalue weighted by atomic mass is 35.5. The second kappa shape index (κ2) is 6.49. The molecule has 2 rings (SSSR count). The highest BCUT2D eigenvalue weighted by molar-refractivity contribution is 6.39. The summed E-state index contributed by atoms with van der Waals surface area (Å²) in [6.45, 7) is 2.80. The van der Waals surface area contributed by atoms with Crippen molar-refractivity contribution in [2.75, 3.05) is 18.0 Å². The smallest absolute Gasteiger partial charge is 0.272 e. The predicted molar refractivity (Wildman–Crippen MR) is 82.2 cm³/mol. The van der Waals surface area contributed by atoms with Crippen molar-refractivity contribution >= 4 is 40.5 Å². The highest BCUT2D eigenvalue weighted by Gasteiger charge is 2.25. The van der Waals surface area contributed by atoms with Crippen LogP contribution < -0.4 is 10.2 Å². The van der Waals surface area contributed by atoms with Gasteiger partial charge < -0.3 is 10.2 Å². The number of amides is 1. The Morgan fingerprint density at radius 2 is 2.05 bits per heavy atom. The fourth-order valence-corrected chi connectivity index (χ4v) is 3.26. The zero-order valence-electron chi connectivity index (χ0n) is 11.4. The molecule has 1 aromatic carbocycles. The molecule has 1 amide bonds. The van der Waals surface area contributed by atoms with Crippen molar-refractivity contribution in [2.45, 2.75) is 25.8 Å². The lowest BCUT2D eigenvalue weighted by molar-refractivity contribution is -0.384. The predicted octanol–water partition coefficient (Wildman–Crippen LogP) is 3.01. The van der Waals surface area contributed by atoms with Gasteiger partial charge in [0, 0.05) is 38.2 Å². The van der Waals surface area contributed by atoms with Crippen LogP contribution in [0.15, 0.2) is 12.1 Å². The average molecular weight is 332 g/mol. The number of nitro benzene ring substituents is 1. The summed E-state index contributed by atoms with van der Waals surface area (Å²) in [5, 5.41) is 14.2. The highest BCUT2D eigenvalue weighted by Crippen LogP contribution is 2.38. The molecule has 1 unspecified atom stereocenters. The van der Waals surface area contributed by atoms with Gasteiger partial charge in [-0.1, -0.05) is 23.2 Å². The maximum atomic E-state index is 11.2. The molecule has 1 heterocycles. The van der Waals surface area contributed by atoms with Gasteiger partial charge in [-0.15, -0.1) is 0 Å². The largest absolute Gasteiger partial charge is 0.367 e. The van der Waals surface area contributed by atoms with E-state index in [0.29, 0.717) is 12.2 Å². The van der Waals surface area contributed by atoms with E-state index in [1.807, 2.05) is 4.90 Å². The Morgan fingerprint density at radius 3 is 2.57 bits per heavy atom. The summed E-state index contributed by atoms with van der Waals surface area (Å²) in [6.07, 6.45) is 1.77. The van der Waals surface area contributed by atoms with E-state index in [4.69, 9.17) is 23.2 Å². The van der Waals surface area contributed by atoms with Crippen molar-refractivity contribution in [1.29, 1.82) is 0 Å². The molecule has 1 aliphatic rings. The van der Waals surface area contributed by atoms with E-state index in [1.54, 1.807) is 0 Å². The summed E-state index contributed by atoms with van der Waals surface area (Å²) in [5.41, 5.74) is 0.447. The summed E-state index contributed by atoms with van der Waals surface area (Å²) in [6, 6.07) is 2.62. The Kier molecular flexibility index (Phi) is 4.90. The molecule has 1 fully saturated rings. The Labute approximate surface area is 132 Å². The molecule has 0 aliphatic carbocycles. The Bertz CT molecular complexity index is 557. The van der Waals surface area contributed by atoms with E-state index in [2.05, 4.69) is 5.32 Å². The number of carbonyl (C=O) groups excluding carboxylic acids is 1. The van der Waals surface area contributed by atoms with Crippen LogP contribution in [0.25, 0.3) is 0 Å². The first-order valence-corrected chi connectivity index (χ1v) is 7.29. The minimum Gasteiger partial charge on any atom is -0.367 e. The van der Waals surface area contributed by atoms with Gasteiger partial charge in [-0.05, 0) is 12.8 Å². The number of piperidine rings is 1. The van der Waals surface area contributed by atoms with Crippen LogP contribution in [0.3, 0.4) is 0 Å². The first kappa shape index (κ1) is 15.9. The minimum absolute atomic E-state index is 0.0265. The number of non-ortho nitro benzene ring substituents is 1. The lowest BCUT2D eigenvalue weighted by Gasteiger charge is -2.35. The first-order chi connectivity index (χ1) is 9.88. The molecule has 0 saturated carbocycles. The quantitative estimate of drug-likeness (QED) is 0.682. The lowest BCUT2D eigenvalue weighted by atomic mass is 10.0. The zero-order valence-corrected chi connectivity index (χ0v) is 12.9. The summed E-state index contributed by atoms with van der Waals surface area (Å²) in [7, 11) is 0. The van der Waals surface area contributed by atoms with Crippen LogP contribution in [-0.2, 0) is 4.79 Å². The molecular weight excluding hydrogens is 317 g/mol. The summed E-state index contributed by atoms with van der Waals surface area (Å²) >= 11 is 12.3. The molecule has 21 heavy (non-hydrogen) atoms. The van der Waals surface area contributed by atoms with Crippen LogP contribution in [-0.4, -0.2) is 30.0 Å². The van der Waals surface area contributed by atoms with Gasteiger partial charge in [0.1, 0.15) is 0 Å². The number of nitrogens with zero attached hydrogens (tertiary/aromatic N) is 2. The molecule has 1 N–H and O–H groups in total. The number of nitro groups is 1. The Morgan fingerprint density at radius 1 is 1.43 bits per heavy atom. The molecule has 1 aromatic rings. The number of benzene rings is 1. The second-order valence-corrected chi connectivity index (χ2v) is 5.82. The van der Waals surface area contributed by atoms with E-state index >= 15 is 0 Å². The van der Waals surface area contributed by atoms with E-state index in [0.717, 1.165) is 19.4 Å². The van der Waals surface area contributed by atoms with E-state index in [1.165, 1.54) is 19.1 Å². The number of nitrogens with one attached hydrogen (secondary N) is 1. The average Bonchev–Trinajstić information content (AvgIpc) is 2.37. The number of hydrogen-bond acceptors (Lipinski definition) is 4. The number of rotatable bonds is 3. The Hall–Kier alpha value is -1.53. The fraction of sp³-hybridized carbons (Fsp3) is 0.462.